The molecule has 8 nitrogen and oxygen atoms in total. The highest BCUT2D eigenvalue weighted by Gasteiger charge is 2.22. The second kappa shape index (κ2) is 10.5. The molecule has 172 valence electrons. The van der Waals surface area contributed by atoms with Gasteiger partial charge in [0.2, 0.25) is 0 Å². The lowest BCUT2D eigenvalue weighted by Gasteiger charge is -2.37. The molecule has 32 heavy (non-hydrogen) atoms. The monoisotopic (exact) mass is 438 g/mol. The van der Waals surface area contributed by atoms with Crippen molar-refractivity contribution in [2.45, 2.75) is 13.0 Å². The molecule has 8 heteroatoms. The fraction of sp³-hybridized carbons (Fsp3) is 0.500. The predicted molar refractivity (Wildman–Crippen MR) is 128 cm³/mol. The van der Waals surface area contributed by atoms with Crippen LogP contribution in [0.3, 0.4) is 0 Å². The highest BCUT2D eigenvalue weighted by Crippen LogP contribution is 2.33. The van der Waals surface area contributed by atoms with Crippen LogP contribution >= 0.6 is 0 Å². The minimum atomic E-state index is 0.802. The fourth-order valence-corrected chi connectivity index (χ4v) is 4.48. The van der Waals surface area contributed by atoms with Crippen molar-refractivity contribution < 1.29 is 9.47 Å². The van der Waals surface area contributed by atoms with E-state index in [9.17, 15) is 0 Å². The molecule has 0 saturated carbocycles. The summed E-state index contributed by atoms with van der Waals surface area (Å²) in [6.45, 7) is 7.60. The van der Waals surface area contributed by atoms with E-state index in [4.69, 9.17) is 9.47 Å². The molecule has 3 heterocycles. The van der Waals surface area contributed by atoms with Crippen molar-refractivity contribution in [1.29, 1.82) is 0 Å². The molecule has 1 fully saturated rings. The highest BCUT2D eigenvalue weighted by atomic mass is 16.5. The number of hydrogen-bond donors (Lipinski definition) is 1. The van der Waals surface area contributed by atoms with Gasteiger partial charge in [0.15, 0.2) is 17.5 Å². The smallest absolute Gasteiger partial charge is 0.193 e. The molecule has 0 atom stereocenters. The minimum absolute atomic E-state index is 0.802. The van der Waals surface area contributed by atoms with Crippen LogP contribution in [0.1, 0.15) is 11.1 Å². The van der Waals surface area contributed by atoms with Gasteiger partial charge in [-0.1, -0.05) is 6.07 Å². The summed E-state index contributed by atoms with van der Waals surface area (Å²) >= 11 is 0. The summed E-state index contributed by atoms with van der Waals surface area (Å²) in [5.41, 5.74) is 2.68. The van der Waals surface area contributed by atoms with Gasteiger partial charge >= 0.3 is 0 Å². The molecule has 2 aliphatic heterocycles. The van der Waals surface area contributed by atoms with Crippen LogP contribution in [0, 0.1) is 0 Å². The molecule has 2 aliphatic rings. The van der Waals surface area contributed by atoms with E-state index in [1.165, 1.54) is 11.1 Å². The van der Waals surface area contributed by atoms with Crippen LogP contribution in [-0.2, 0) is 13.0 Å². The topological polar surface area (TPSA) is 65.5 Å². The molecule has 1 aromatic heterocycles. The zero-order valence-corrected chi connectivity index (χ0v) is 19.4. The van der Waals surface area contributed by atoms with E-state index < -0.39 is 0 Å². The molecule has 0 radical (unpaired) electrons. The Bertz CT molecular complexity index is 912. The maximum Gasteiger partial charge on any atom is 0.193 e. The Kier molecular flexibility index (Phi) is 7.32. The van der Waals surface area contributed by atoms with Crippen LogP contribution in [0.15, 0.2) is 41.5 Å². The van der Waals surface area contributed by atoms with Crippen LogP contribution in [0.5, 0.6) is 11.5 Å². The lowest BCUT2D eigenvalue weighted by atomic mass is 9.99. The van der Waals surface area contributed by atoms with Gasteiger partial charge in [-0.2, -0.15) is 0 Å². The largest absolute Gasteiger partial charge is 0.493 e. The first-order chi connectivity index (χ1) is 15.7. The first kappa shape index (κ1) is 22.2. The second-order valence-electron chi connectivity index (χ2n) is 8.14. The van der Waals surface area contributed by atoms with Gasteiger partial charge in [-0.3, -0.25) is 9.89 Å². The Hall–Kier alpha value is -3.00. The van der Waals surface area contributed by atoms with Gasteiger partial charge < -0.3 is 24.6 Å². The van der Waals surface area contributed by atoms with Crippen LogP contribution in [0.2, 0.25) is 0 Å². The van der Waals surface area contributed by atoms with Crippen molar-refractivity contribution in [3.63, 3.8) is 0 Å². The van der Waals surface area contributed by atoms with Crippen molar-refractivity contribution in [2.75, 3.05) is 72.0 Å². The second-order valence-corrected chi connectivity index (χ2v) is 8.14. The maximum atomic E-state index is 5.48. The van der Waals surface area contributed by atoms with E-state index in [0.717, 1.165) is 82.1 Å². The molecular weight excluding hydrogens is 404 g/mol. The van der Waals surface area contributed by atoms with Crippen LogP contribution in [-0.4, -0.2) is 87.8 Å². The summed E-state index contributed by atoms with van der Waals surface area (Å²) in [7, 11) is 5.25. The van der Waals surface area contributed by atoms with Gasteiger partial charge in [0.1, 0.15) is 5.82 Å². The summed E-state index contributed by atoms with van der Waals surface area (Å²) < 4.78 is 10.9. The summed E-state index contributed by atoms with van der Waals surface area (Å²) in [5, 5.41) is 3.56. The van der Waals surface area contributed by atoms with Gasteiger partial charge in [0.25, 0.3) is 0 Å². The number of nitrogens with one attached hydrogen (secondary N) is 1. The number of anilines is 1. The molecule has 1 N–H and O–H groups in total. The number of benzene rings is 1. The third-order valence-corrected chi connectivity index (χ3v) is 6.27. The minimum Gasteiger partial charge on any atom is -0.493 e. The molecule has 2 aromatic rings. The number of aliphatic imine (C=N–C) groups is 1. The number of ether oxygens (including phenoxy) is 2. The highest BCUT2D eigenvalue weighted by molar-refractivity contribution is 5.80. The zero-order valence-electron chi connectivity index (χ0n) is 19.4. The Morgan fingerprint density at radius 2 is 1.78 bits per heavy atom. The van der Waals surface area contributed by atoms with E-state index >= 15 is 0 Å². The van der Waals surface area contributed by atoms with Crippen molar-refractivity contribution in [1.82, 2.24) is 20.1 Å². The molecule has 0 unspecified atom stereocenters. The number of guanidine groups is 1. The predicted octanol–water partition coefficient (Wildman–Crippen LogP) is 1.85. The third kappa shape index (κ3) is 5.07. The molecule has 1 saturated heterocycles. The number of aromatic nitrogens is 1. The third-order valence-electron chi connectivity index (χ3n) is 6.27. The standard InChI is InChI=1S/C24H34N6O2/c1-25-24(30-14-12-29(13-15-30)23-6-4-5-8-26-23)27-9-11-28-10-7-19-16-21(31-2)22(32-3)17-20(19)18-28/h4-6,8,16-17H,7,9-15,18H2,1-3H3,(H,25,27). The summed E-state index contributed by atoms with van der Waals surface area (Å²) in [5.74, 6) is 3.65. The Balaban J connectivity index is 1.25. The number of nitrogens with zero attached hydrogens (tertiary/aromatic N) is 5. The Labute approximate surface area is 190 Å². The zero-order chi connectivity index (χ0) is 22.3. The van der Waals surface area contributed by atoms with Crippen LogP contribution in [0.4, 0.5) is 5.82 Å². The van der Waals surface area contributed by atoms with E-state index in [2.05, 4.69) is 48.2 Å². The molecule has 1 aromatic carbocycles. The number of rotatable bonds is 6. The number of pyridine rings is 1. The molecule has 0 bridgehead atoms. The molecule has 4 rings (SSSR count). The number of piperazine rings is 1. The van der Waals surface area contributed by atoms with Crippen LogP contribution < -0.4 is 19.7 Å². The van der Waals surface area contributed by atoms with Gasteiger partial charge in [-0.05, 0) is 41.8 Å². The quantitative estimate of drug-likeness (QED) is 0.545. The van der Waals surface area contributed by atoms with Gasteiger partial charge in [-0.15, -0.1) is 0 Å². The summed E-state index contributed by atoms with van der Waals surface area (Å²) in [4.78, 5) is 16.1. The van der Waals surface area contributed by atoms with Crippen molar-refractivity contribution >= 4 is 11.8 Å². The average Bonchev–Trinajstić information content (AvgIpc) is 2.86. The fourth-order valence-electron chi connectivity index (χ4n) is 4.48. The first-order valence-electron chi connectivity index (χ1n) is 11.3. The maximum absolute atomic E-state index is 5.48. The molecule has 0 aliphatic carbocycles. The van der Waals surface area contributed by atoms with Gasteiger partial charge in [-0.25, -0.2) is 4.98 Å². The number of hydrogen-bond acceptors (Lipinski definition) is 6. The van der Waals surface area contributed by atoms with Crippen molar-refractivity contribution in [3.05, 3.63) is 47.7 Å². The number of methoxy groups -OCH3 is 2. The normalized spacial score (nSPS) is 17.2. The summed E-state index contributed by atoms with van der Waals surface area (Å²) in [6.07, 6.45) is 2.88. The van der Waals surface area contributed by atoms with E-state index in [1.54, 1.807) is 14.2 Å². The van der Waals surface area contributed by atoms with E-state index in [1.807, 2.05) is 25.4 Å². The average molecular weight is 439 g/mol. The lowest BCUT2D eigenvalue weighted by molar-refractivity contribution is 0.254. The summed E-state index contributed by atoms with van der Waals surface area (Å²) in [6, 6.07) is 10.3. The van der Waals surface area contributed by atoms with E-state index in [-0.39, 0.29) is 0 Å². The molecule has 0 spiro atoms. The first-order valence-corrected chi connectivity index (χ1v) is 11.3. The van der Waals surface area contributed by atoms with Crippen molar-refractivity contribution in [2.24, 2.45) is 4.99 Å². The van der Waals surface area contributed by atoms with Crippen molar-refractivity contribution in [3.8, 4) is 11.5 Å². The molecule has 0 amide bonds. The number of fused-ring (bicyclic) bond motifs is 1. The Morgan fingerprint density at radius 3 is 2.44 bits per heavy atom. The Morgan fingerprint density at radius 1 is 1.03 bits per heavy atom. The van der Waals surface area contributed by atoms with Gasteiger partial charge in [0, 0.05) is 65.6 Å². The lowest BCUT2D eigenvalue weighted by Crippen LogP contribution is -2.53. The van der Waals surface area contributed by atoms with Gasteiger partial charge in [0.05, 0.1) is 14.2 Å². The van der Waals surface area contributed by atoms with E-state index in [0.29, 0.717) is 0 Å². The molecular formula is C24H34N6O2. The SMILES string of the molecule is CN=C(NCCN1CCc2cc(OC)c(OC)cc2C1)N1CCN(c2ccccn2)CC1. The van der Waals surface area contributed by atoms with Crippen LogP contribution in [0.25, 0.3) is 0 Å².